The average molecular weight is 283 g/mol. The maximum Gasteiger partial charge on any atom is 0.151 e. The quantitative estimate of drug-likeness (QED) is 0.712. The molecule has 0 radical (unpaired) electrons. The highest BCUT2D eigenvalue weighted by molar-refractivity contribution is 6.20. The Hall–Kier alpha value is -1.09. The van der Waals surface area contributed by atoms with Crippen LogP contribution in [0.5, 0.6) is 0 Å². The third kappa shape index (κ3) is 3.08. The number of alkyl halides is 1. The largest absolute Gasteiger partial charge is 0.327 e. The van der Waals surface area contributed by atoms with E-state index in [1.807, 2.05) is 13.0 Å². The summed E-state index contributed by atoms with van der Waals surface area (Å²) in [7, 11) is 0. The second-order valence-electron chi connectivity index (χ2n) is 5.38. The SMILES string of the molecule is CC(C)CCCn1c(C(C)Cl)nc2c(F)cccc21. The molecule has 2 aromatic rings. The molecule has 1 unspecified atom stereocenters. The van der Waals surface area contributed by atoms with Gasteiger partial charge in [0.2, 0.25) is 0 Å². The predicted octanol–water partition coefficient (Wildman–Crippen LogP) is 4.91. The standard InChI is InChI=1S/C15H20ClFN2/c1-10(2)6-5-9-19-13-8-4-7-12(17)14(13)18-15(19)11(3)16/h4,7-8,10-11H,5-6,9H2,1-3H3. The van der Waals surface area contributed by atoms with Crippen LogP contribution in [0.3, 0.4) is 0 Å². The Morgan fingerprint density at radius 3 is 2.68 bits per heavy atom. The van der Waals surface area contributed by atoms with E-state index in [0.29, 0.717) is 11.4 Å². The van der Waals surface area contributed by atoms with Gasteiger partial charge in [-0.05, 0) is 37.8 Å². The van der Waals surface area contributed by atoms with Crippen molar-refractivity contribution in [1.82, 2.24) is 9.55 Å². The zero-order chi connectivity index (χ0) is 14.0. The monoisotopic (exact) mass is 282 g/mol. The number of fused-ring (bicyclic) bond motifs is 1. The van der Waals surface area contributed by atoms with Crippen molar-refractivity contribution < 1.29 is 4.39 Å². The van der Waals surface area contributed by atoms with Crippen LogP contribution in [0.1, 0.15) is 44.8 Å². The molecule has 4 heteroatoms. The van der Waals surface area contributed by atoms with Crippen molar-refractivity contribution >= 4 is 22.6 Å². The van der Waals surface area contributed by atoms with Crippen LogP contribution in [0.15, 0.2) is 18.2 Å². The van der Waals surface area contributed by atoms with Crippen LogP contribution in [-0.4, -0.2) is 9.55 Å². The first-order valence-electron chi connectivity index (χ1n) is 6.79. The summed E-state index contributed by atoms with van der Waals surface area (Å²) >= 11 is 6.17. The number of hydrogen-bond donors (Lipinski definition) is 0. The van der Waals surface area contributed by atoms with Crippen LogP contribution in [0.2, 0.25) is 0 Å². The van der Waals surface area contributed by atoms with E-state index in [1.165, 1.54) is 6.07 Å². The van der Waals surface area contributed by atoms with E-state index in [1.54, 1.807) is 6.07 Å². The molecule has 2 nitrogen and oxygen atoms in total. The first-order chi connectivity index (χ1) is 9.00. The Bertz CT molecular complexity index is 561. The fourth-order valence-corrected chi connectivity index (χ4v) is 2.49. The number of nitrogens with zero attached hydrogens (tertiary/aromatic N) is 2. The van der Waals surface area contributed by atoms with Crippen molar-refractivity contribution in [2.24, 2.45) is 5.92 Å². The van der Waals surface area contributed by atoms with Crippen molar-refractivity contribution in [3.63, 3.8) is 0 Å². The van der Waals surface area contributed by atoms with Crippen LogP contribution < -0.4 is 0 Å². The van der Waals surface area contributed by atoms with Crippen LogP contribution in [0, 0.1) is 11.7 Å². The molecule has 0 aliphatic heterocycles. The Labute approximate surface area is 118 Å². The normalized spacial score (nSPS) is 13.4. The fourth-order valence-electron chi connectivity index (χ4n) is 2.33. The van der Waals surface area contributed by atoms with E-state index >= 15 is 0 Å². The molecule has 0 fully saturated rings. The van der Waals surface area contributed by atoms with Crippen molar-refractivity contribution in [3.05, 3.63) is 29.8 Å². The van der Waals surface area contributed by atoms with Crippen LogP contribution >= 0.6 is 11.6 Å². The van der Waals surface area contributed by atoms with Crippen molar-refractivity contribution in [2.45, 2.75) is 45.5 Å². The maximum atomic E-state index is 13.8. The molecular weight excluding hydrogens is 263 g/mol. The van der Waals surface area contributed by atoms with Gasteiger partial charge in [-0.3, -0.25) is 0 Å². The Kier molecular flexibility index (Phi) is 4.46. The summed E-state index contributed by atoms with van der Waals surface area (Å²) in [5, 5.41) is -0.217. The second kappa shape index (κ2) is 5.91. The zero-order valence-corrected chi connectivity index (χ0v) is 12.4. The number of aromatic nitrogens is 2. The summed E-state index contributed by atoms with van der Waals surface area (Å²) in [6.07, 6.45) is 2.20. The molecular formula is C15H20ClFN2. The topological polar surface area (TPSA) is 17.8 Å². The van der Waals surface area contributed by atoms with Gasteiger partial charge in [-0.25, -0.2) is 9.37 Å². The van der Waals surface area contributed by atoms with E-state index < -0.39 is 0 Å². The highest BCUT2D eigenvalue weighted by Crippen LogP contribution is 2.26. The smallest absolute Gasteiger partial charge is 0.151 e. The Balaban J connectivity index is 2.38. The summed E-state index contributed by atoms with van der Waals surface area (Å²) in [4.78, 5) is 4.37. The molecule has 0 aliphatic rings. The minimum Gasteiger partial charge on any atom is -0.327 e. The van der Waals surface area contributed by atoms with E-state index in [0.717, 1.165) is 30.7 Å². The molecule has 0 saturated heterocycles. The highest BCUT2D eigenvalue weighted by atomic mass is 35.5. The van der Waals surface area contributed by atoms with Crippen molar-refractivity contribution in [2.75, 3.05) is 0 Å². The second-order valence-corrected chi connectivity index (χ2v) is 6.04. The lowest BCUT2D eigenvalue weighted by atomic mass is 10.1. The molecule has 0 N–H and O–H groups in total. The van der Waals surface area contributed by atoms with E-state index in [9.17, 15) is 4.39 Å². The number of rotatable bonds is 5. The minimum absolute atomic E-state index is 0.217. The first kappa shape index (κ1) is 14.3. The van der Waals surface area contributed by atoms with Crippen molar-refractivity contribution in [3.8, 4) is 0 Å². The van der Waals surface area contributed by atoms with E-state index in [2.05, 4.69) is 23.4 Å². The molecule has 0 spiro atoms. The lowest BCUT2D eigenvalue weighted by molar-refractivity contribution is 0.509. The van der Waals surface area contributed by atoms with Gasteiger partial charge in [0.15, 0.2) is 5.82 Å². The molecule has 1 atom stereocenters. The van der Waals surface area contributed by atoms with Gasteiger partial charge >= 0.3 is 0 Å². The lowest BCUT2D eigenvalue weighted by Crippen LogP contribution is -2.05. The highest BCUT2D eigenvalue weighted by Gasteiger charge is 2.16. The number of halogens is 2. The molecule has 2 rings (SSSR count). The molecule has 19 heavy (non-hydrogen) atoms. The molecule has 104 valence electrons. The molecule has 0 aliphatic carbocycles. The summed E-state index contributed by atoms with van der Waals surface area (Å²) in [6, 6.07) is 5.07. The van der Waals surface area contributed by atoms with Crippen LogP contribution in [0.25, 0.3) is 11.0 Å². The summed E-state index contributed by atoms with van der Waals surface area (Å²) in [6.45, 7) is 7.12. The summed E-state index contributed by atoms with van der Waals surface area (Å²) in [5.41, 5.74) is 1.26. The predicted molar refractivity (Wildman–Crippen MR) is 78.0 cm³/mol. The zero-order valence-electron chi connectivity index (χ0n) is 11.7. The molecule has 1 aromatic carbocycles. The van der Waals surface area contributed by atoms with Gasteiger partial charge in [0.25, 0.3) is 0 Å². The first-order valence-corrected chi connectivity index (χ1v) is 7.23. The molecule has 0 saturated carbocycles. The molecule has 1 aromatic heterocycles. The van der Waals surface area contributed by atoms with Gasteiger partial charge in [0.1, 0.15) is 11.3 Å². The maximum absolute atomic E-state index is 13.8. The third-order valence-electron chi connectivity index (χ3n) is 3.28. The summed E-state index contributed by atoms with van der Waals surface area (Å²) < 4.78 is 15.8. The van der Waals surface area contributed by atoms with Gasteiger partial charge < -0.3 is 4.57 Å². The number of imidazole rings is 1. The van der Waals surface area contributed by atoms with E-state index in [-0.39, 0.29) is 11.2 Å². The van der Waals surface area contributed by atoms with E-state index in [4.69, 9.17) is 11.6 Å². The molecule has 0 bridgehead atoms. The lowest BCUT2D eigenvalue weighted by Gasteiger charge is -2.11. The third-order valence-corrected chi connectivity index (χ3v) is 3.47. The number of hydrogen-bond acceptors (Lipinski definition) is 1. The molecule has 1 heterocycles. The van der Waals surface area contributed by atoms with Gasteiger partial charge in [0.05, 0.1) is 10.9 Å². The van der Waals surface area contributed by atoms with Gasteiger partial charge in [0, 0.05) is 6.54 Å². The Morgan fingerprint density at radius 2 is 2.05 bits per heavy atom. The number of aryl methyl sites for hydroxylation is 1. The van der Waals surface area contributed by atoms with Gasteiger partial charge in [-0.2, -0.15) is 0 Å². The average Bonchev–Trinajstić information content (AvgIpc) is 2.70. The fraction of sp³-hybridized carbons (Fsp3) is 0.533. The molecule has 0 amide bonds. The number of benzene rings is 1. The Morgan fingerprint density at radius 1 is 1.32 bits per heavy atom. The van der Waals surface area contributed by atoms with Crippen molar-refractivity contribution in [1.29, 1.82) is 0 Å². The minimum atomic E-state index is -0.279. The van der Waals surface area contributed by atoms with Crippen LogP contribution in [-0.2, 0) is 6.54 Å². The summed E-state index contributed by atoms with van der Waals surface area (Å²) in [5.74, 6) is 1.15. The van der Waals surface area contributed by atoms with Crippen LogP contribution in [0.4, 0.5) is 4.39 Å². The van der Waals surface area contributed by atoms with Gasteiger partial charge in [-0.15, -0.1) is 11.6 Å². The van der Waals surface area contributed by atoms with Gasteiger partial charge in [-0.1, -0.05) is 19.9 Å². The number of para-hydroxylation sites is 1.